The van der Waals surface area contributed by atoms with Crippen molar-refractivity contribution in [1.29, 1.82) is 5.41 Å². The van der Waals surface area contributed by atoms with E-state index in [4.69, 9.17) is 25.4 Å². The number of carbonyl (C=O) groups is 9. The molecule has 0 aliphatic heterocycles. The molecule has 64 heavy (non-hydrogen) atoms. The summed E-state index contributed by atoms with van der Waals surface area (Å²) < 4.78 is 12.1. The van der Waals surface area contributed by atoms with E-state index in [1.54, 1.807) is 52.8 Å². The molecule has 0 saturated carbocycles. The maximum Gasteiger partial charge on any atom is 0.319 e. The highest BCUT2D eigenvalue weighted by molar-refractivity contribution is 7.99. The second-order valence-electron chi connectivity index (χ2n) is 12.8. The molecule has 0 aromatic rings. The molecule has 0 fully saturated rings. The van der Waals surface area contributed by atoms with Crippen LogP contribution in [-0.2, 0) is 52.6 Å². The lowest BCUT2D eigenvalue weighted by molar-refractivity contribution is -0.148. The number of Topliss-reactive ketones (excluding diaryl/α,β-unsaturated/α-hetero) is 1. The van der Waals surface area contributed by atoms with Crippen LogP contribution in [0.5, 0.6) is 0 Å². The molecular formula is C43H86N6O11S4. The summed E-state index contributed by atoms with van der Waals surface area (Å²) >= 11 is 10.6. The summed E-state index contributed by atoms with van der Waals surface area (Å²) in [6, 6.07) is 0. The quantitative estimate of drug-likeness (QED) is 0.0119. The fourth-order valence-corrected chi connectivity index (χ4v) is 4.41. The maximum absolute atomic E-state index is 11.5. The number of unbranched alkanes of at least 4 members (excludes halogenated alkanes) is 2. The van der Waals surface area contributed by atoms with E-state index in [1.807, 2.05) is 26.9 Å². The second kappa shape index (κ2) is 66.2. The second-order valence-corrected chi connectivity index (χ2v) is 15.3. The van der Waals surface area contributed by atoms with Crippen molar-refractivity contribution in [3.05, 3.63) is 12.7 Å². The fraction of sp³-hybridized carbons (Fsp3) is 0.721. The van der Waals surface area contributed by atoms with Gasteiger partial charge in [0.25, 0.3) is 0 Å². The van der Waals surface area contributed by atoms with Crippen LogP contribution in [-0.4, -0.2) is 122 Å². The highest BCUT2D eigenvalue weighted by Crippen LogP contribution is 2.16. The van der Waals surface area contributed by atoms with Crippen molar-refractivity contribution in [3.8, 4) is 0 Å². The monoisotopic (exact) mass is 991 g/mol. The molecule has 1 atom stereocenters. The van der Waals surface area contributed by atoms with E-state index < -0.39 is 0 Å². The molecule has 0 spiro atoms. The number of amides is 4. The predicted octanol–water partition coefficient (Wildman–Crippen LogP) is 6.26. The number of nitrogens with two attached hydrogens (primary N) is 1. The lowest BCUT2D eigenvalue weighted by Gasteiger charge is -2.14. The van der Waals surface area contributed by atoms with Gasteiger partial charge in [-0.2, -0.15) is 24.4 Å². The van der Waals surface area contributed by atoms with Crippen LogP contribution in [0.3, 0.4) is 0 Å². The van der Waals surface area contributed by atoms with Crippen molar-refractivity contribution >= 4 is 109 Å². The summed E-state index contributed by atoms with van der Waals surface area (Å²) in [5, 5.41) is 14.6. The molecule has 0 bridgehead atoms. The number of esters is 2. The number of hydrogen-bond donors (Lipinski definition) is 8. The van der Waals surface area contributed by atoms with E-state index in [0.29, 0.717) is 44.5 Å². The van der Waals surface area contributed by atoms with Crippen LogP contribution in [0, 0.1) is 5.41 Å². The Balaban J connectivity index is -0.0000000990. The molecule has 0 aromatic carbocycles. The minimum atomic E-state index is -0.364. The number of ether oxygens (including phenoxy) is 2. The molecule has 21 heteroatoms. The van der Waals surface area contributed by atoms with Crippen LogP contribution in [0.15, 0.2) is 12.7 Å². The number of thiol groups is 2. The van der Waals surface area contributed by atoms with Crippen molar-refractivity contribution < 1.29 is 52.6 Å². The fourth-order valence-electron chi connectivity index (χ4n) is 3.17. The average Bonchev–Trinajstić information content (AvgIpc) is 3.26. The molecule has 0 heterocycles. The summed E-state index contributed by atoms with van der Waals surface area (Å²) in [6.07, 6.45) is 13.2. The topological polar surface area (TPSA) is 270 Å². The van der Waals surface area contributed by atoms with Crippen molar-refractivity contribution in [1.82, 2.24) is 20.7 Å². The normalized spacial score (nSPS) is 9.44. The van der Waals surface area contributed by atoms with Gasteiger partial charge in [-0.25, -0.2) is 0 Å². The molecule has 4 amide bonds. The van der Waals surface area contributed by atoms with Gasteiger partial charge in [-0.05, 0) is 91.2 Å². The van der Waals surface area contributed by atoms with Gasteiger partial charge in [-0.3, -0.25) is 38.4 Å². The smallest absolute Gasteiger partial charge is 0.319 e. The zero-order valence-electron chi connectivity index (χ0n) is 40.9. The molecule has 0 aromatic heterocycles. The van der Waals surface area contributed by atoms with Crippen LogP contribution in [0.4, 0.5) is 0 Å². The Morgan fingerprint density at radius 3 is 1.69 bits per heavy atom. The first-order chi connectivity index (χ1) is 30.2. The van der Waals surface area contributed by atoms with Crippen LogP contribution < -0.4 is 26.4 Å². The average molecular weight is 991 g/mol. The number of ketones is 2. The number of nitrogens with one attached hydrogen (secondary N) is 5. The van der Waals surface area contributed by atoms with Gasteiger partial charge in [0.2, 0.25) is 23.6 Å². The summed E-state index contributed by atoms with van der Waals surface area (Å²) in [5.41, 5.74) is 4.84. The van der Waals surface area contributed by atoms with Gasteiger partial charge in [-0.1, -0.05) is 59.9 Å². The first kappa shape index (κ1) is 77.8. The zero-order valence-corrected chi connectivity index (χ0v) is 44.3. The van der Waals surface area contributed by atoms with Crippen LogP contribution >= 0.6 is 49.0 Å². The third-order valence-electron chi connectivity index (χ3n) is 6.27. The maximum atomic E-state index is 11.5. The van der Waals surface area contributed by atoms with E-state index in [2.05, 4.69) is 66.5 Å². The van der Waals surface area contributed by atoms with Gasteiger partial charge < -0.3 is 46.1 Å². The Morgan fingerprint density at radius 2 is 1.31 bits per heavy atom. The van der Waals surface area contributed by atoms with Crippen LogP contribution in [0.25, 0.3) is 0 Å². The highest BCUT2D eigenvalue weighted by Gasteiger charge is 2.20. The van der Waals surface area contributed by atoms with Crippen molar-refractivity contribution in [3.63, 3.8) is 0 Å². The highest BCUT2D eigenvalue weighted by atomic mass is 32.2. The number of hydrogen-bond acceptors (Lipinski definition) is 17. The van der Waals surface area contributed by atoms with Crippen LogP contribution in [0.2, 0.25) is 0 Å². The molecule has 0 rings (SSSR count). The van der Waals surface area contributed by atoms with Crippen molar-refractivity contribution in [2.45, 2.75) is 157 Å². The number of primary amides is 1. The zero-order chi connectivity index (χ0) is 51.7. The molecular weight excluding hydrogens is 905 g/mol. The Hall–Kier alpha value is -3.40. The van der Waals surface area contributed by atoms with Crippen molar-refractivity contribution in [2.75, 3.05) is 44.3 Å². The summed E-state index contributed by atoms with van der Waals surface area (Å²) in [7, 11) is 1.75. The number of thioether (sulfide) groups is 2. The number of likely N-dealkylation sites (N-methyl/N-ethyl adjacent to an activating group) is 1. The molecule has 0 radical (unpaired) electrons. The standard InChI is InChI=1S/C10H17NO3S.C8H15NO3S.C7H11NO2.C6H13NOS.C5H12N2OS.C4H10.C2H6.CH2O/c1-7(2)14-10(13)9(15-3)5-4-8(12)6-11;1-6(2)12-8(11)5-3-4-7(10)9-13;1-2-6(9)4-3-5-7(8)10;1-6(8)7-4-2-3-5-9;1-6-3-5(8)7-4-9-2;1-3-4-2;2*1-2/h6-7,9,11H,4-5H2,1-3H3;6,13H,3-5H2,1-2H3,(H,9,10);2H,1,3-5H2,(H2,8,10);9H,2-5H2,1H3,(H,7,8);6H,3-4H2,1-2H3,(H,7,8);3-4H2,1-2H3;1-2H3;1H2. The Kier molecular flexibility index (Phi) is 80.5. The summed E-state index contributed by atoms with van der Waals surface area (Å²) in [4.78, 5) is 93.5. The third kappa shape index (κ3) is 85.8. The van der Waals surface area contributed by atoms with E-state index in [9.17, 15) is 38.4 Å². The third-order valence-corrected chi connectivity index (χ3v) is 8.27. The molecule has 0 aliphatic carbocycles. The lowest BCUT2D eigenvalue weighted by atomic mass is 10.2. The number of carbonyl (C=O) groups excluding carboxylic acids is 9. The minimum absolute atomic E-state index is 0.0405. The predicted molar refractivity (Wildman–Crippen MR) is 273 cm³/mol. The molecule has 378 valence electrons. The van der Waals surface area contributed by atoms with E-state index in [-0.39, 0.29) is 83.9 Å². The lowest BCUT2D eigenvalue weighted by Crippen LogP contribution is -2.31. The number of rotatable bonds is 26. The minimum Gasteiger partial charge on any atom is -0.463 e. The molecule has 0 saturated heterocycles. The summed E-state index contributed by atoms with van der Waals surface area (Å²) in [5.74, 6) is 0.309. The molecule has 1 unspecified atom stereocenters. The number of allylic oxidation sites excluding steroid dienone is 1. The van der Waals surface area contributed by atoms with E-state index in [0.717, 1.165) is 31.4 Å². The molecule has 0 aliphatic rings. The first-order valence-corrected chi connectivity index (χ1v) is 24.9. The van der Waals surface area contributed by atoms with Gasteiger partial charge in [0.15, 0.2) is 11.6 Å². The van der Waals surface area contributed by atoms with Crippen LogP contribution in [0.1, 0.15) is 139 Å². The first-order valence-electron chi connectivity index (χ1n) is 21.1. The summed E-state index contributed by atoms with van der Waals surface area (Å²) in [6.45, 7) is 23.5. The Morgan fingerprint density at radius 1 is 0.781 bits per heavy atom. The largest absolute Gasteiger partial charge is 0.463 e. The van der Waals surface area contributed by atoms with Gasteiger partial charge in [0, 0.05) is 45.6 Å². The van der Waals surface area contributed by atoms with E-state index in [1.165, 1.54) is 37.6 Å². The molecule has 17 nitrogen and oxygen atoms in total. The van der Waals surface area contributed by atoms with Gasteiger partial charge in [-0.15, -0.1) is 11.8 Å². The van der Waals surface area contributed by atoms with Gasteiger partial charge in [0.05, 0.1) is 30.8 Å². The van der Waals surface area contributed by atoms with Gasteiger partial charge in [0.1, 0.15) is 12.0 Å². The van der Waals surface area contributed by atoms with E-state index >= 15 is 0 Å². The SMILES string of the molecule is C=CC(=O)CCCC(N)=O.C=O.CC.CC(=O)NCCCCS.CC(C)OC(=O)CCCC(=O)NS.CCCC.CNCC(=O)NCSC.CSC(CCC(=O)C=N)C(=O)OC(C)C. The molecule has 7 N–H and O–H groups in total. The van der Waals surface area contributed by atoms with Crippen molar-refractivity contribution in [2.24, 2.45) is 5.73 Å². The Bertz CT molecular complexity index is 1180. The Labute approximate surface area is 405 Å². The van der Waals surface area contributed by atoms with Gasteiger partial charge >= 0.3 is 11.9 Å².